The van der Waals surface area contributed by atoms with Gasteiger partial charge >= 0.3 is 0 Å². The zero-order valence-electron chi connectivity index (χ0n) is 33.0. The number of carbonyl (C=O) groups excluding carboxylic acids is 1. The number of nitrogens with one attached hydrogen (secondary N) is 1. The predicted octanol–water partition coefficient (Wildman–Crippen LogP) is 11.3. The van der Waals surface area contributed by atoms with Crippen molar-refractivity contribution in [2.24, 2.45) is 26.8 Å². The van der Waals surface area contributed by atoms with Crippen LogP contribution in [0.1, 0.15) is 78.4 Å². The number of aliphatic hydroxyl groups excluding tert-OH is 1. The molecule has 5 heterocycles. The molecule has 3 atom stereocenters. The summed E-state index contributed by atoms with van der Waals surface area (Å²) in [5, 5.41) is 17.3. The number of fused-ring (bicyclic) bond motifs is 5. The number of carbonyl (C=O) groups is 1. The summed E-state index contributed by atoms with van der Waals surface area (Å²) in [6.45, 7) is 15.4. The molecule has 288 valence electrons. The summed E-state index contributed by atoms with van der Waals surface area (Å²) in [5.74, 6) is 0.485. The second kappa shape index (κ2) is 17.1. The van der Waals surface area contributed by atoms with Crippen molar-refractivity contribution >= 4 is 67.4 Å². The van der Waals surface area contributed by atoms with Gasteiger partial charge in [-0.15, -0.1) is 0 Å². The van der Waals surface area contributed by atoms with Crippen molar-refractivity contribution < 1.29 is 14.6 Å². The number of hydrogen-bond acceptors (Lipinski definition) is 11. The molecule has 5 aliphatic heterocycles. The number of ether oxygens (including phenoxy) is 1. The molecule has 1 fully saturated rings. The fourth-order valence-corrected chi connectivity index (χ4v) is 12.6. The first kappa shape index (κ1) is 40.0. The van der Waals surface area contributed by atoms with E-state index >= 15 is 0 Å². The van der Waals surface area contributed by atoms with Crippen LogP contribution in [0.15, 0.2) is 131 Å². The molecule has 0 radical (unpaired) electrons. The van der Waals surface area contributed by atoms with Gasteiger partial charge in [-0.05, 0) is 99.8 Å². The number of benzene rings is 1. The van der Waals surface area contributed by atoms with Gasteiger partial charge in [-0.25, -0.2) is 15.0 Å². The minimum Gasteiger partial charge on any atom is -0.511 e. The standard InChI is InChI=1S/C44H50N4O3S4/c1-9-30-24(3)33-19-38-41(28(7)51-20-29-12-10-23(2)11-13-29)26(5)35(46-38)17-34-25(4)31(14-15-40(50)53-22-55-54-21-52-8)43(47-34)32-16-39(49)42-27(6)36(48-44(32)42)18-37(30)45-33/h10-13,17-19,25,28,31,47,49H,9,14-16,20-22H2,1-8H3/t25?,28?,31-/m0/s1. The fraction of sp³-hybridized carbons (Fsp3) is 0.409. The first-order valence-electron chi connectivity index (χ1n) is 19.0. The van der Waals surface area contributed by atoms with Crippen molar-refractivity contribution in [2.45, 2.75) is 86.9 Å². The van der Waals surface area contributed by atoms with E-state index < -0.39 is 0 Å². The number of rotatable bonds is 13. The van der Waals surface area contributed by atoms with Gasteiger partial charge < -0.3 is 15.2 Å². The first-order valence-corrected chi connectivity index (χ1v) is 23.9. The number of aliphatic hydroxyl groups is 1. The molecule has 2 N–H and O–H groups in total. The van der Waals surface area contributed by atoms with E-state index in [2.05, 4.69) is 95.6 Å². The Morgan fingerprint density at radius 3 is 2.44 bits per heavy atom. The normalized spacial score (nSPS) is 22.3. The Balaban J connectivity index is 1.30. The highest BCUT2D eigenvalue weighted by molar-refractivity contribution is 8.79. The smallest absolute Gasteiger partial charge is 0.189 e. The Kier molecular flexibility index (Phi) is 12.4. The van der Waals surface area contributed by atoms with Crippen LogP contribution < -0.4 is 5.32 Å². The molecule has 1 aromatic carbocycles. The fourth-order valence-electron chi connectivity index (χ4n) is 8.18. The highest BCUT2D eigenvalue weighted by Gasteiger charge is 2.41. The van der Waals surface area contributed by atoms with E-state index in [0.29, 0.717) is 31.6 Å². The molecular formula is C44H50N4O3S4. The van der Waals surface area contributed by atoms with Crippen LogP contribution in [-0.4, -0.2) is 49.9 Å². The topological polar surface area (TPSA) is 95.6 Å². The molecule has 7 nitrogen and oxygen atoms in total. The van der Waals surface area contributed by atoms with Crippen molar-refractivity contribution in [3.05, 3.63) is 127 Å². The lowest BCUT2D eigenvalue weighted by molar-refractivity contribution is -0.111. The number of aryl methyl sites for hydroxylation is 1. The average molecular weight is 811 g/mol. The van der Waals surface area contributed by atoms with Gasteiger partial charge in [0, 0.05) is 57.9 Å². The van der Waals surface area contributed by atoms with Gasteiger partial charge in [0.25, 0.3) is 0 Å². The third-order valence-corrected chi connectivity index (χ3v) is 16.4. The molecule has 11 heteroatoms. The molecule has 6 aliphatic rings. The monoisotopic (exact) mass is 810 g/mol. The van der Waals surface area contributed by atoms with Crippen LogP contribution in [0.3, 0.4) is 0 Å². The lowest BCUT2D eigenvalue weighted by atomic mass is 9.86. The van der Waals surface area contributed by atoms with E-state index in [1.807, 2.05) is 6.92 Å². The van der Waals surface area contributed by atoms with E-state index in [9.17, 15) is 9.90 Å². The van der Waals surface area contributed by atoms with Gasteiger partial charge in [0.1, 0.15) is 5.76 Å². The molecule has 7 rings (SSSR count). The van der Waals surface area contributed by atoms with E-state index in [0.717, 1.165) is 101 Å². The third kappa shape index (κ3) is 8.15. The summed E-state index contributed by atoms with van der Waals surface area (Å²) >= 11 is 3.21. The Labute approximate surface area is 342 Å². The van der Waals surface area contributed by atoms with Gasteiger partial charge in [-0.2, -0.15) is 11.8 Å². The lowest BCUT2D eigenvalue weighted by Crippen LogP contribution is -2.15. The van der Waals surface area contributed by atoms with Gasteiger partial charge in [0.05, 0.1) is 52.0 Å². The van der Waals surface area contributed by atoms with Gasteiger partial charge in [0.2, 0.25) is 0 Å². The summed E-state index contributed by atoms with van der Waals surface area (Å²) in [4.78, 5) is 28.9. The average Bonchev–Trinajstić information content (AvgIpc) is 3.92. The highest BCUT2D eigenvalue weighted by Crippen LogP contribution is 2.47. The molecule has 55 heavy (non-hydrogen) atoms. The summed E-state index contributed by atoms with van der Waals surface area (Å²) in [6, 6.07) is 8.49. The summed E-state index contributed by atoms with van der Waals surface area (Å²) in [6.07, 6.45) is 10.7. The van der Waals surface area contributed by atoms with Crippen molar-refractivity contribution in [3.8, 4) is 0 Å². The molecule has 0 aromatic heterocycles. The lowest BCUT2D eigenvalue weighted by Gasteiger charge is -2.17. The maximum Gasteiger partial charge on any atom is 0.189 e. The van der Waals surface area contributed by atoms with Crippen LogP contribution >= 0.6 is 45.1 Å². The van der Waals surface area contributed by atoms with Crippen molar-refractivity contribution in [1.82, 2.24) is 5.32 Å². The molecule has 1 aromatic rings. The zero-order valence-corrected chi connectivity index (χ0v) is 36.2. The molecule has 0 amide bonds. The van der Waals surface area contributed by atoms with Crippen LogP contribution in [0, 0.1) is 18.8 Å². The number of thioether (sulfide) groups is 2. The quantitative estimate of drug-likeness (QED) is 0.116. The highest BCUT2D eigenvalue weighted by atomic mass is 33.1. The Morgan fingerprint density at radius 2 is 1.69 bits per heavy atom. The summed E-state index contributed by atoms with van der Waals surface area (Å²) < 4.78 is 6.57. The van der Waals surface area contributed by atoms with Crippen LogP contribution in [0.5, 0.6) is 0 Å². The largest absolute Gasteiger partial charge is 0.511 e. The molecule has 8 bridgehead atoms. The Morgan fingerprint density at radius 1 is 0.964 bits per heavy atom. The minimum atomic E-state index is -0.217. The predicted molar refractivity (Wildman–Crippen MR) is 238 cm³/mol. The van der Waals surface area contributed by atoms with Crippen LogP contribution in [-0.2, 0) is 16.1 Å². The molecule has 1 saturated heterocycles. The van der Waals surface area contributed by atoms with Crippen LogP contribution in [0.4, 0.5) is 0 Å². The number of hydrogen-bond donors (Lipinski definition) is 2. The molecule has 0 spiro atoms. The van der Waals surface area contributed by atoms with Gasteiger partial charge in [-0.3, -0.25) is 4.79 Å². The molecule has 2 unspecified atom stereocenters. The number of nitrogens with zero attached hydrogens (tertiary/aromatic N) is 3. The molecule has 0 saturated carbocycles. The second-order valence-corrected chi connectivity index (χ2v) is 19.9. The van der Waals surface area contributed by atoms with E-state index in [1.165, 1.54) is 22.9 Å². The SMILES string of the molecule is CCC1=C(C)C2=NC1=CC1=C(C)C3=C(O)CC(=C4NC(=CC5=NC(=C2)C(C(C)OCc2ccc(C)cc2)=C5C)C(C)[C@@H]4CCC(=O)SCSSCSC)C3=N1. The minimum absolute atomic E-state index is 0.0500. The maximum absolute atomic E-state index is 13.2. The van der Waals surface area contributed by atoms with E-state index in [1.54, 1.807) is 33.3 Å². The van der Waals surface area contributed by atoms with Crippen LogP contribution in [0.25, 0.3) is 0 Å². The first-order chi connectivity index (χ1) is 26.5. The zero-order chi connectivity index (χ0) is 39.0. The van der Waals surface area contributed by atoms with Crippen molar-refractivity contribution in [1.29, 1.82) is 0 Å². The van der Waals surface area contributed by atoms with Crippen molar-refractivity contribution in [2.75, 3.05) is 16.4 Å². The van der Waals surface area contributed by atoms with Crippen LogP contribution in [0.2, 0.25) is 0 Å². The van der Waals surface area contributed by atoms with Gasteiger partial charge in [-0.1, -0.05) is 77.0 Å². The summed E-state index contributed by atoms with van der Waals surface area (Å²) in [5.41, 5.74) is 16.9. The number of aliphatic imine (C=N–C) groups is 3. The third-order valence-electron chi connectivity index (χ3n) is 11.3. The second-order valence-electron chi connectivity index (χ2n) is 14.8. The van der Waals surface area contributed by atoms with Crippen molar-refractivity contribution in [3.63, 3.8) is 0 Å². The molecule has 1 aliphatic carbocycles. The Bertz CT molecular complexity index is 2160. The summed E-state index contributed by atoms with van der Waals surface area (Å²) in [7, 11) is 3.54. The molecular weight excluding hydrogens is 761 g/mol. The Hall–Kier alpha value is -3.22. The van der Waals surface area contributed by atoms with Gasteiger partial charge in [0.15, 0.2) is 5.12 Å². The van der Waals surface area contributed by atoms with E-state index in [4.69, 9.17) is 19.7 Å². The maximum atomic E-state index is 13.2. The van der Waals surface area contributed by atoms with E-state index in [-0.39, 0.29) is 23.1 Å². The number of allylic oxidation sites excluding steroid dienone is 11.